The molecule has 13 heteroatoms. The number of carbonyl (C=O) groups is 5. The van der Waals surface area contributed by atoms with Gasteiger partial charge in [0.15, 0.2) is 0 Å². The van der Waals surface area contributed by atoms with Gasteiger partial charge >= 0.3 is 18.2 Å². The lowest BCUT2D eigenvalue weighted by Gasteiger charge is -2.30. The van der Waals surface area contributed by atoms with Crippen LogP contribution in [0, 0.1) is 11.7 Å². The number of hydrogen-bond acceptors (Lipinski definition) is 8. The van der Waals surface area contributed by atoms with Gasteiger partial charge < -0.3 is 29.7 Å². The van der Waals surface area contributed by atoms with Crippen molar-refractivity contribution in [2.24, 2.45) is 5.92 Å². The van der Waals surface area contributed by atoms with Gasteiger partial charge in [-0.15, -0.1) is 0 Å². The largest absolute Gasteiger partial charge is 0.464 e. The molecule has 4 amide bonds. The number of esters is 1. The van der Waals surface area contributed by atoms with Crippen LogP contribution in [0.4, 0.5) is 14.0 Å². The molecular weight excluding hydrogens is 611 g/mol. The van der Waals surface area contributed by atoms with E-state index < -0.39 is 65.1 Å². The molecule has 3 heterocycles. The Hall–Kier alpha value is -3.90. The molecule has 47 heavy (non-hydrogen) atoms. The lowest BCUT2D eigenvalue weighted by molar-refractivity contribution is -0.150. The molecule has 12 nitrogen and oxygen atoms in total. The maximum atomic E-state index is 14.3. The summed E-state index contributed by atoms with van der Waals surface area (Å²) < 4.78 is 31.0. The Morgan fingerprint density at radius 3 is 2.49 bits per heavy atom. The van der Waals surface area contributed by atoms with Crippen LogP contribution in [0.25, 0.3) is 0 Å². The molecule has 3 fully saturated rings. The van der Waals surface area contributed by atoms with Crippen molar-refractivity contribution >= 4 is 30.0 Å². The second-order valence-corrected chi connectivity index (χ2v) is 14.1. The van der Waals surface area contributed by atoms with E-state index in [9.17, 15) is 28.4 Å². The standard InChI is InChI=1S/C34H47FN4O8/c1-5-45-30(42)34-17-22(34)13-9-7-6-8-10-15-26(36-31(43)47-33(2,3)4)29(41)39-19-23(16-27(39)28(40)37-34)46-32(44)38-18-21-12-11-14-25(35)24(21)20-38/h11-12,14,22-23,26-27H,5-10,13,15-20H2,1-4H3,(H,36,43)(H,37,40)/t22-,23+,26-,27-,34+/m0/s1. The summed E-state index contributed by atoms with van der Waals surface area (Å²) >= 11 is 0. The van der Waals surface area contributed by atoms with Gasteiger partial charge in [-0.3, -0.25) is 14.5 Å². The minimum atomic E-state index is -1.17. The number of ether oxygens (including phenoxy) is 3. The molecule has 0 unspecified atom stereocenters. The van der Waals surface area contributed by atoms with Crippen molar-refractivity contribution in [3.05, 3.63) is 35.1 Å². The molecule has 1 aromatic rings. The quantitative estimate of drug-likeness (QED) is 0.360. The second-order valence-electron chi connectivity index (χ2n) is 14.1. The van der Waals surface area contributed by atoms with E-state index in [-0.39, 0.29) is 38.6 Å². The SMILES string of the molecule is CCOC(=O)[C@@]12C[C@@H]1CCCCCCC[C@H](NC(=O)OC(C)(C)C)C(=O)N1C[C@H](OC(=O)N3Cc4cccc(F)c4C3)C[C@H]1C(=O)N2. The van der Waals surface area contributed by atoms with Crippen LogP contribution in [0.2, 0.25) is 0 Å². The van der Waals surface area contributed by atoms with Gasteiger partial charge in [0.25, 0.3) is 0 Å². The molecule has 0 aromatic heterocycles. The predicted molar refractivity (Wildman–Crippen MR) is 167 cm³/mol. The Kier molecular flexibility index (Phi) is 10.3. The van der Waals surface area contributed by atoms with Crippen molar-refractivity contribution in [2.75, 3.05) is 13.2 Å². The molecule has 2 N–H and O–H groups in total. The molecular formula is C34H47FN4O8. The monoisotopic (exact) mass is 658 g/mol. The summed E-state index contributed by atoms with van der Waals surface area (Å²) in [5.74, 6) is -2.02. The van der Waals surface area contributed by atoms with E-state index in [1.807, 2.05) is 0 Å². The fourth-order valence-electron chi connectivity index (χ4n) is 6.97. The number of hydrogen-bond donors (Lipinski definition) is 2. The van der Waals surface area contributed by atoms with Gasteiger partial charge in [-0.2, -0.15) is 0 Å². The minimum Gasteiger partial charge on any atom is -0.464 e. The third-order valence-corrected chi connectivity index (χ3v) is 9.43. The first-order valence-electron chi connectivity index (χ1n) is 16.8. The maximum absolute atomic E-state index is 14.3. The van der Waals surface area contributed by atoms with Gasteiger partial charge in [0.2, 0.25) is 11.8 Å². The number of fused-ring (bicyclic) bond motifs is 3. The molecule has 5 atom stereocenters. The molecule has 0 bridgehead atoms. The molecule has 2 saturated heterocycles. The second kappa shape index (κ2) is 14.1. The zero-order valence-corrected chi connectivity index (χ0v) is 27.8. The Bertz CT molecular complexity index is 1380. The van der Waals surface area contributed by atoms with Crippen LogP contribution >= 0.6 is 0 Å². The van der Waals surface area contributed by atoms with Crippen LogP contribution in [0.3, 0.4) is 0 Å². The average Bonchev–Trinajstić information content (AvgIpc) is 3.31. The number of carbonyl (C=O) groups excluding carboxylic acids is 5. The Labute approximate surface area is 275 Å². The van der Waals surface area contributed by atoms with E-state index >= 15 is 0 Å². The molecule has 4 aliphatic rings. The van der Waals surface area contributed by atoms with Gasteiger partial charge in [-0.25, -0.2) is 18.8 Å². The van der Waals surface area contributed by atoms with Crippen LogP contribution in [-0.4, -0.2) is 82.2 Å². The van der Waals surface area contributed by atoms with Gasteiger partial charge in [0, 0.05) is 18.5 Å². The zero-order chi connectivity index (χ0) is 33.9. The van der Waals surface area contributed by atoms with E-state index in [2.05, 4.69) is 10.6 Å². The zero-order valence-electron chi connectivity index (χ0n) is 27.8. The van der Waals surface area contributed by atoms with Crippen molar-refractivity contribution in [3.8, 4) is 0 Å². The number of amides is 4. The van der Waals surface area contributed by atoms with Crippen molar-refractivity contribution in [1.29, 1.82) is 0 Å². The summed E-state index contributed by atoms with van der Waals surface area (Å²) in [6.07, 6.45) is 3.50. The van der Waals surface area contributed by atoms with Gasteiger partial charge in [0.05, 0.1) is 19.7 Å². The fraction of sp³-hybridized carbons (Fsp3) is 0.676. The van der Waals surface area contributed by atoms with Crippen LogP contribution in [0.1, 0.15) is 96.6 Å². The average molecular weight is 659 g/mol. The first-order chi connectivity index (χ1) is 22.3. The predicted octanol–water partition coefficient (Wildman–Crippen LogP) is 4.32. The van der Waals surface area contributed by atoms with Gasteiger partial charge in [-0.1, -0.05) is 44.2 Å². The number of benzene rings is 1. The Balaban J connectivity index is 1.38. The summed E-state index contributed by atoms with van der Waals surface area (Å²) in [6, 6.07) is 2.63. The Morgan fingerprint density at radius 2 is 1.79 bits per heavy atom. The topological polar surface area (TPSA) is 144 Å². The normalized spacial score (nSPS) is 28.1. The first-order valence-corrected chi connectivity index (χ1v) is 16.8. The number of alkyl carbamates (subject to hydrolysis) is 1. The molecule has 0 spiro atoms. The van der Waals surface area contributed by atoms with E-state index in [1.165, 1.54) is 15.9 Å². The summed E-state index contributed by atoms with van der Waals surface area (Å²) in [6.45, 7) is 7.18. The summed E-state index contributed by atoms with van der Waals surface area (Å²) in [5.41, 5.74) is -0.841. The van der Waals surface area contributed by atoms with Crippen LogP contribution in [0.15, 0.2) is 18.2 Å². The molecule has 258 valence electrons. The highest BCUT2D eigenvalue weighted by molar-refractivity contribution is 5.96. The third-order valence-electron chi connectivity index (χ3n) is 9.43. The molecule has 1 aliphatic carbocycles. The molecule has 3 aliphatic heterocycles. The number of nitrogens with zero attached hydrogens (tertiary/aromatic N) is 2. The smallest absolute Gasteiger partial charge is 0.410 e. The summed E-state index contributed by atoms with van der Waals surface area (Å²) in [7, 11) is 0. The van der Waals surface area contributed by atoms with Crippen LogP contribution < -0.4 is 10.6 Å². The van der Waals surface area contributed by atoms with E-state index in [0.717, 1.165) is 32.1 Å². The summed E-state index contributed by atoms with van der Waals surface area (Å²) in [5, 5.41) is 5.65. The van der Waals surface area contributed by atoms with Crippen LogP contribution in [-0.2, 0) is 41.7 Å². The highest BCUT2D eigenvalue weighted by atomic mass is 19.1. The van der Waals surface area contributed by atoms with E-state index in [0.29, 0.717) is 30.4 Å². The molecule has 5 rings (SSSR count). The van der Waals surface area contributed by atoms with Crippen molar-refractivity contribution in [1.82, 2.24) is 20.4 Å². The lowest BCUT2D eigenvalue weighted by Crippen LogP contribution is -2.56. The number of halogens is 1. The van der Waals surface area contributed by atoms with E-state index in [4.69, 9.17) is 14.2 Å². The van der Waals surface area contributed by atoms with E-state index in [1.54, 1.807) is 39.8 Å². The van der Waals surface area contributed by atoms with Gasteiger partial charge in [-0.05, 0) is 64.5 Å². The van der Waals surface area contributed by atoms with Crippen molar-refractivity contribution in [3.63, 3.8) is 0 Å². The van der Waals surface area contributed by atoms with Gasteiger partial charge in [0.1, 0.15) is 35.1 Å². The summed E-state index contributed by atoms with van der Waals surface area (Å²) in [4.78, 5) is 70.1. The minimum absolute atomic E-state index is 0.0127. The first kappa shape index (κ1) is 34.4. The van der Waals surface area contributed by atoms with Crippen molar-refractivity contribution in [2.45, 2.75) is 128 Å². The third kappa shape index (κ3) is 7.98. The maximum Gasteiger partial charge on any atom is 0.410 e. The molecule has 0 radical (unpaired) electrons. The fourth-order valence-corrected chi connectivity index (χ4v) is 6.97. The van der Waals surface area contributed by atoms with Crippen LogP contribution in [0.5, 0.6) is 0 Å². The number of nitrogens with one attached hydrogen (secondary N) is 2. The highest BCUT2D eigenvalue weighted by Gasteiger charge is 2.62. The molecule has 1 saturated carbocycles. The lowest BCUT2D eigenvalue weighted by atomic mass is 10.0. The Morgan fingerprint density at radius 1 is 1.06 bits per heavy atom. The number of rotatable bonds is 4. The van der Waals surface area contributed by atoms with Crippen molar-refractivity contribution < 1.29 is 42.6 Å². The molecule has 1 aromatic carbocycles. The highest BCUT2D eigenvalue weighted by Crippen LogP contribution is 2.48.